The fourth-order valence-electron chi connectivity index (χ4n) is 3.03. The van der Waals surface area contributed by atoms with Gasteiger partial charge in [0.15, 0.2) is 10.9 Å². The van der Waals surface area contributed by atoms with Gasteiger partial charge in [-0.3, -0.25) is 4.40 Å². The number of anilines is 2. The minimum absolute atomic E-state index is 0.232. The number of aromatic nitrogens is 4. The second-order valence-electron chi connectivity index (χ2n) is 6.35. The Morgan fingerprint density at radius 1 is 1.33 bits per heavy atom. The number of halogens is 1. The van der Waals surface area contributed by atoms with E-state index in [0.717, 1.165) is 28.9 Å². The number of thiazole rings is 1. The summed E-state index contributed by atoms with van der Waals surface area (Å²) in [6.45, 7) is 2.89. The molecular weight excluding hydrogens is 422 g/mol. The molecule has 0 saturated heterocycles. The lowest BCUT2D eigenvalue weighted by Crippen LogP contribution is -2.14. The maximum atomic E-state index is 8.97. The van der Waals surface area contributed by atoms with Gasteiger partial charge in [0, 0.05) is 29.0 Å². The number of benzene rings is 1. The van der Waals surface area contributed by atoms with E-state index in [1.54, 1.807) is 16.8 Å². The number of rotatable bonds is 7. The molecule has 4 rings (SSSR count). The van der Waals surface area contributed by atoms with Crippen LogP contribution in [0.3, 0.4) is 0 Å². The summed E-state index contributed by atoms with van der Waals surface area (Å²) >= 11 is 7.36. The molecule has 10 heteroatoms. The number of nitrogen functional groups attached to an aromatic ring is 1. The molecular formula is C20H18ClN7OS. The molecule has 0 fully saturated rings. The maximum absolute atomic E-state index is 8.97. The van der Waals surface area contributed by atoms with Gasteiger partial charge in [-0.25, -0.2) is 9.97 Å². The van der Waals surface area contributed by atoms with Gasteiger partial charge in [-0.2, -0.15) is 10.2 Å². The van der Waals surface area contributed by atoms with Gasteiger partial charge >= 0.3 is 6.01 Å². The van der Waals surface area contributed by atoms with Crippen LogP contribution >= 0.6 is 22.9 Å². The van der Waals surface area contributed by atoms with Crippen LogP contribution in [0.2, 0.25) is 5.02 Å². The van der Waals surface area contributed by atoms with E-state index in [-0.39, 0.29) is 5.82 Å². The minimum atomic E-state index is 0.232. The number of aryl methyl sites for hydroxylation is 1. The van der Waals surface area contributed by atoms with Crippen molar-refractivity contribution in [2.45, 2.75) is 13.3 Å². The Hall–Kier alpha value is -3.35. The molecule has 0 saturated carbocycles. The zero-order valence-electron chi connectivity index (χ0n) is 16.1. The summed E-state index contributed by atoms with van der Waals surface area (Å²) in [6, 6.07) is 10.2. The molecule has 0 unspecified atom stereocenters. The molecule has 0 atom stereocenters. The molecule has 4 aromatic rings. The van der Waals surface area contributed by atoms with E-state index in [1.807, 2.05) is 30.3 Å². The van der Waals surface area contributed by atoms with Crippen molar-refractivity contribution in [3.05, 3.63) is 52.1 Å². The first kappa shape index (κ1) is 19.9. The smallest absolute Gasteiger partial charge is 0.302 e. The Kier molecular flexibility index (Phi) is 5.70. The van der Waals surface area contributed by atoms with E-state index >= 15 is 0 Å². The van der Waals surface area contributed by atoms with Gasteiger partial charge < -0.3 is 15.8 Å². The number of nitriles is 1. The highest BCUT2D eigenvalue weighted by atomic mass is 35.5. The van der Waals surface area contributed by atoms with Gasteiger partial charge in [-0.05, 0) is 24.1 Å². The Balaban J connectivity index is 1.54. The number of ether oxygens (including phenoxy) is 1. The normalized spacial score (nSPS) is 10.8. The van der Waals surface area contributed by atoms with Crippen LogP contribution in [0.1, 0.15) is 17.4 Å². The fraction of sp³-hybridized carbons (Fsp3) is 0.200. The number of nitrogens with zero attached hydrogens (tertiary/aromatic N) is 5. The second kappa shape index (κ2) is 8.57. The largest absolute Gasteiger partial charge is 0.463 e. The molecule has 0 amide bonds. The lowest BCUT2D eigenvalue weighted by Gasteiger charge is -2.12. The molecule has 3 heterocycles. The standard InChI is InChI=1S/C20H18ClN7OS/c1-2-12-9-13(21)3-4-14(12)15-10-17-24-5-7-28(17)20(26-15)29-8-6-25-19-27-18(23)16(11-22)30-19/h3-5,7,9-10H,2,6,8,23H2,1H3,(H,25,27). The summed E-state index contributed by atoms with van der Waals surface area (Å²) in [4.78, 5) is 13.6. The van der Waals surface area contributed by atoms with Crippen LogP contribution in [0.25, 0.3) is 16.9 Å². The summed E-state index contributed by atoms with van der Waals surface area (Å²) in [7, 11) is 0. The SMILES string of the molecule is CCc1cc(Cl)ccc1-c1cc2nccn2c(OCCNc2nc(N)c(C#N)s2)n1. The van der Waals surface area contributed by atoms with Gasteiger partial charge in [0.05, 0.1) is 12.2 Å². The lowest BCUT2D eigenvalue weighted by atomic mass is 10.0. The van der Waals surface area contributed by atoms with Gasteiger partial charge in [-0.15, -0.1) is 0 Å². The highest BCUT2D eigenvalue weighted by Crippen LogP contribution is 2.28. The third-order valence-electron chi connectivity index (χ3n) is 4.45. The van der Waals surface area contributed by atoms with Crippen molar-refractivity contribution in [3.8, 4) is 23.3 Å². The highest BCUT2D eigenvalue weighted by molar-refractivity contribution is 7.16. The summed E-state index contributed by atoms with van der Waals surface area (Å²) in [5, 5.41) is 13.4. The first-order chi connectivity index (χ1) is 14.6. The van der Waals surface area contributed by atoms with E-state index in [0.29, 0.717) is 34.2 Å². The van der Waals surface area contributed by atoms with Crippen molar-refractivity contribution in [3.63, 3.8) is 0 Å². The molecule has 3 N–H and O–H groups in total. The summed E-state index contributed by atoms with van der Waals surface area (Å²) in [5.74, 6) is 0.232. The molecule has 0 spiro atoms. The van der Waals surface area contributed by atoms with E-state index in [4.69, 9.17) is 32.3 Å². The third kappa shape index (κ3) is 4.01. The van der Waals surface area contributed by atoms with E-state index in [9.17, 15) is 0 Å². The van der Waals surface area contributed by atoms with Crippen molar-refractivity contribution < 1.29 is 4.74 Å². The van der Waals surface area contributed by atoms with Crippen molar-refractivity contribution in [2.75, 3.05) is 24.2 Å². The van der Waals surface area contributed by atoms with Crippen LogP contribution < -0.4 is 15.8 Å². The third-order valence-corrected chi connectivity index (χ3v) is 5.61. The van der Waals surface area contributed by atoms with Crippen LogP contribution in [-0.4, -0.2) is 32.5 Å². The number of fused-ring (bicyclic) bond motifs is 1. The summed E-state index contributed by atoms with van der Waals surface area (Å²) in [6.07, 6.45) is 4.34. The predicted molar refractivity (Wildman–Crippen MR) is 118 cm³/mol. The average Bonchev–Trinajstić information content (AvgIpc) is 3.36. The second-order valence-corrected chi connectivity index (χ2v) is 7.79. The van der Waals surface area contributed by atoms with Crippen LogP contribution in [-0.2, 0) is 6.42 Å². The van der Waals surface area contributed by atoms with E-state index in [2.05, 4.69) is 22.2 Å². The first-order valence-electron chi connectivity index (χ1n) is 9.25. The van der Waals surface area contributed by atoms with Crippen LogP contribution in [0.15, 0.2) is 36.7 Å². The quantitative estimate of drug-likeness (QED) is 0.418. The van der Waals surface area contributed by atoms with Gasteiger partial charge in [0.1, 0.15) is 23.2 Å². The Labute approximate surface area is 181 Å². The lowest BCUT2D eigenvalue weighted by molar-refractivity contribution is 0.302. The number of hydrogen-bond acceptors (Lipinski definition) is 8. The van der Waals surface area contributed by atoms with Crippen LogP contribution in [0.4, 0.5) is 10.9 Å². The van der Waals surface area contributed by atoms with Crippen LogP contribution in [0, 0.1) is 11.3 Å². The van der Waals surface area contributed by atoms with Crippen LogP contribution in [0.5, 0.6) is 6.01 Å². The summed E-state index contributed by atoms with van der Waals surface area (Å²) < 4.78 is 7.72. The molecule has 30 heavy (non-hydrogen) atoms. The zero-order chi connectivity index (χ0) is 21.1. The molecule has 0 aliphatic carbocycles. The number of hydrogen-bond donors (Lipinski definition) is 2. The first-order valence-corrected chi connectivity index (χ1v) is 10.4. The van der Waals surface area contributed by atoms with Gasteiger partial charge in [0.25, 0.3) is 0 Å². The number of nitrogens with two attached hydrogens (primary N) is 1. The Morgan fingerprint density at radius 3 is 2.97 bits per heavy atom. The Bertz CT molecular complexity index is 1240. The van der Waals surface area contributed by atoms with Gasteiger partial charge in [-0.1, -0.05) is 35.9 Å². The monoisotopic (exact) mass is 439 g/mol. The molecule has 0 aliphatic rings. The highest BCUT2D eigenvalue weighted by Gasteiger charge is 2.13. The van der Waals surface area contributed by atoms with Gasteiger partial charge in [0.2, 0.25) is 0 Å². The van der Waals surface area contributed by atoms with Crippen molar-refractivity contribution in [1.82, 2.24) is 19.4 Å². The van der Waals surface area contributed by atoms with Crippen molar-refractivity contribution in [2.24, 2.45) is 0 Å². The maximum Gasteiger partial charge on any atom is 0.302 e. The van der Waals surface area contributed by atoms with E-state index in [1.165, 1.54) is 11.3 Å². The number of imidazole rings is 1. The minimum Gasteiger partial charge on any atom is -0.463 e. The van der Waals surface area contributed by atoms with E-state index < -0.39 is 0 Å². The van der Waals surface area contributed by atoms with Crippen molar-refractivity contribution in [1.29, 1.82) is 5.26 Å². The summed E-state index contributed by atoms with van der Waals surface area (Å²) in [5.41, 5.74) is 9.30. The molecule has 0 aliphatic heterocycles. The predicted octanol–water partition coefficient (Wildman–Crippen LogP) is 4.01. The zero-order valence-corrected chi connectivity index (χ0v) is 17.7. The van der Waals surface area contributed by atoms with Crippen molar-refractivity contribution >= 4 is 39.5 Å². The molecule has 1 aromatic carbocycles. The topological polar surface area (TPSA) is 114 Å². The average molecular weight is 440 g/mol. The molecule has 3 aromatic heterocycles. The molecule has 0 bridgehead atoms. The molecule has 0 radical (unpaired) electrons. The number of nitrogens with one attached hydrogen (secondary N) is 1. The Morgan fingerprint density at radius 2 is 2.20 bits per heavy atom. The fourth-order valence-corrected chi connectivity index (χ4v) is 3.93. The molecule has 8 nitrogen and oxygen atoms in total. The molecule has 152 valence electrons.